The van der Waals surface area contributed by atoms with E-state index >= 15 is 0 Å². The summed E-state index contributed by atoms with van der Waals surface area (Å²) in [6.07, 6.45) is 6.57. The molecule has 5 rings (SSSR count). The van der Waals surface area contributed by atoms with Crippen molar-refractivity contribution in [3.8, 4) is 5.75 Å². The van der Waals surface area contributed by atoms with E-state index in [1.54, 1.807) is 6.07 Å². The van der Waals surface area contributed by atoms with Crippen molar-refractivity contribution < 1.29 is 18.5 Å². The van der Waals surface area contributed by atoms with E-state index < -0.39 is 11.0 Å². The molecule has 1 amide bonds. The van der Waals surface area contributed by atoms with E-state index in [-0.39, 0.29) is 17.7 Å². The zero-order valence-electron chi connectivity index (χ0n) is 21.3. The van der Waals surface area contributed by atoms with Gasteiger partial charge in [0.15, 0.2) is 0 Å². The summed E-state index contributed by atoms with van der Waals surface area (Å²) in [4.78, 5) is 27.3. The van der Waals surface area contributed by atoms with Gasteiger partial charge in [0.25, 0.3) is 5.91 Å². The van der Waals surface area contributed by atoms with Gasteiger partial charge in [0, 0.05) is 41.3 Å². The lowest BCUT2D eigenvalue weighted by Gasteiger charge is -2.43. The molecule has 2 aromatic rings. The molecule has 2 aromatic carbocycles. The molecule has 1 fully saturated rings. The molecular weight excluding hydrogens is 508 g/mol. The van der Waals surface area contributed by atoms with E-state index in [9.17, 15) is 13.8 Å². The van der Waals surface area contributed by atoms with Crippen LogP contribution in [0.3, 0.4) is 0 Å². The maximum absolute atomic E-state index is 12.9. The molecule has 37 heavy (non-hydrogen) atoms. The standard InChI is InChI=1S/C29H35ClN2O4S/c1-2-4-19-13-24(30)8-10-25(19)23-16-32-15-21-6-9-26(21)22(17-33)5-3-12-37(35)31-29(34)20-7-11-28(36-18-23)27(32)14-20/h7-8,10-11,13-14,17,21-23,26H,2-6,9,12,15-16,18H2,1H3,(H,31,34). The zero-order valence-corrected chi connectivity index (χ0v) is 22.9. The van der Waals surface area contributed by atoms with Crippen LogP contribution in [0.5, 0.6) is 5.75 Å². The Morgan fingerprint density at radius 1 is 1.16 bits per heavy atom. The first-order valence-corrected chi connectivity index (χ1v) is 15.1. The van der Waals surface area contributed by atoms with Crippen LogP contribution >= 0.6 is 11.6 Å². The fraction of sp³-hybridized carbons (Fsp3) is 0.517. The predicted octanol–water partition coefficient (Wildman–Crippen LogP) is 5.30. The van der Waals surface area contributed by atoms with Crippen LogP contribution < -0.4 is 14.4 Å². The topological polar surface area (TPSA) is 75.7 Å². The van der Waals surface area contributed by atoms with Crippen molar-refractivity contribution in [3.05, 3.63) is 58.1 Å². The number of aryl methyl sites for hydroxylation is 1. The van der Waals surface area contributed by atoms with E-state index in [1.807, 2.05) is 18.2 Å². The molecule has 2 aliphatic heterocycles. The molecule has 1 aliphatic carbocycles. The molecule has 2 heterocycles. The lowest BCUT2D eigenvalue weighted by atomic mass is 9.66. The lowest BCUT2D eigenvalue weighted by molar-refractivity contribution is -0.115. The summed E-state index contributed by atoms with van der Waals surface area (Å²) < 4.78 is 21.5. The number of nitrogens with one attached hydrogen (secondary N) is 1. The largest absolute Gasteiger partial charge is 0.491 e. The van der Waals surface area contributed by atoms with E-state index in [4.69, 9.17) is 16.3 Å². The van der Waals surface area contributed by atoms with Crippen LogP contribution in [0.15, 0.2) is 36.4 Å². The minimum absolute atomic E-state index is 0.0355. The minimum atomic E-state index is -1.48. The number of amides is 1. The van der Waals surface area contributed by atoms with Crippen LogP contribution in [-0.2, 0) is 22.2 Å². The van der Waals surface area contributed by atoms with Crippen LogP contribution in [0.25, 0.3) is 0 Å². The highest BCUT2D eigenvalue weighted by atomic mass is 35.5. The number of benzene rings is 2. The zero-order chi connectivity index (χ0) is 25.9. The predicted molar refractivity (Wildman–Crippen MR) is 148 cm³/mol. The van der Waals surface area contributed by atoms with Crippen LogP contribution in [-0.4, -0.2) is 41.9 Å². The van der Waals surface area contributed by atoms with Gasteiger partial charge < -0.3 is 14.4 Å². The molecule has 0 saturated heterocycles. The molecule has 5 unspecified atom stereocenters. The molecule has 0 radical (unpaired) electrons. The Morgan fingerprint density at radius 2 is 2.03 bits per heavy atom. The van der Waals surface area contributed by atoms with E-state index in [1.165, 1.54) is 11.1 Å². The van der Waals surface area contributed by atoms with E-state index in [0.717, 1.165) is 61.5 Å². The molecule has 1 saturated carbocycles. The first-order chi connectivity index (χ1) is 18.0. The van der Waals surface area contributed by atoms with Gasteiger partial charge in [-0.05, 0) is 85.4 Å². The Kier molecular flexibility index (Phi) is 8.20. The number of hydrogen-bond donors (Lipinski definition) is 1. The number of hydrogen-bond acceptors (Lipinski definition) is 5. The average Bonchev–Trinajstić information content (AvgIpc) is 3.04. The number of anilines is 1. The molecule has 5 atom stereocenters. The van der Waals surface area contributed by atoms with Crippen molar-refractivity contribution in [2.75, 3.05) is 30.3 Å². The van der Waals surface area contributed by atoms with E-state index in [2.05, 4.69) is 28.7 Å². The fourth-order valence-corrected chi connectivity index (χ4v) is 7.22. The Bertz CT molecular complexity index is 1190. The number of ether oxygens (including phenoxy) is 1. The van der Waals surface area contributed by atoms with Crippen LogP contribution in [0.1, 0.15) is 66.4 Å². The SMILES string of the molecule is CCCc1cc(Cl)ccc1C1COc2ccc3cc2N(C1)CC1CCC1C(C=O)CCCS(=O)NC3=O. The Labute approximate surface area is 226 Å². The van der Waals surface area contributed by atoms with Crippen molar-refractivity contribution in [1.29, 1.82) is 0 Å². The molecule has 198 valence electrons. The summed E-state index contributed by atoms with van der Waals surface area (Å²) in [5, 5.41) is 0.744. The number of rotatable bonds is 4. The maximum atomic E-state index is 12.9. The van der Waals surface area contributed by atoms with Gasteiger partial charge in [-0.1, -0.05) is 31.0 Å². The quantitative estimate of drug-likeness (QED) is 0.530. The summed E-state index contributed by atoms with van der Waals surface area (Å²) in [5.41, 5.74) is 3.87. The first kappa shape index (κ1) is 26.2. The lowest BCUT2D eigenvalue weighted by Crippen LogP contribution is -2.43. The first-order valence-electron chi connectivity index (χ1n) is 13.4. The summed E-state index contributed by atoms with van der Waals surface area (Å²) in [6, 6.07) is 11.6. The minimum Gasteiger partial charge on any atom is -0.491 e. The molecule has 3 aliphatic rings. The van der Waals surface area contributed by atoms with Crippen molar-refractivity contribution in [3.63, 3.8) is 0 Å². The summed E-state index contributed by atoms with van der Waals surface area (Å²) in [5.74, 6) is 1.59. The molecule has 0 spiro atoms. The van der Waals surface area contributed by atoms with Crippen molar-refractivity contribution in [2.24, 2.45) is 17.8 Å². The van der Waals surface area contributed by atoms with Gasteiger partial charge in [0.2, 0.25) is 0 Å². The Hall–Kier alpha value is -2.38. The Morgan fingerprint density at radius 3 is 2.78 bits per heavy atom. The van der Waals surface area contributed by atoms with Gasteiger partial charge in [-0.25, -0.2) is 4.21 Å². The third-order valence-corrected chi connectivity index (χ3v) is 9.54. The monoisotopic (exact) mass is 542 g/mol. The average molecular weight is 543 g/mol. The number of aldehydes is 1. The Balaban J connectivity index is 1.53. The highest BCUT2D eigenvalue weighted by Gasteiger charge is 2.39. The highest BCUT2D eigenvalue weighted by Crippen LogP contribution is 2.44. The van der Waals surface area contributed by atoms with Gasteiger partial charge in [0.1, 0.15) is 23.0 Å². The fourth-order valence-electron chi connectivity index (χ4n) is 6.17. The molecule has 2 bridgehead atoms. The van der Waals surface area contributed by atoms with Crippen LogP contribution in [0.2, 0.25) is 5.02 Å². The van der Waals surface area contributed by atoms with Gasteiger partial charge in [-0.3, -0.25) is 9.52 Å². The number of fused-ring (bicyclic) bond motifs is 2. The van der Waals surface area contributed by atoms with Gasteiger partial charge >= 0.3 is 0 Å². The highest BCUT2D eigenvalue weighted by molar-refractivity contribution is 7.83. The van der Waals surface area contributed by atoms with Gasteiger partial charge in [-0.2, -0.15) is 0 Å². The number of nitrogens with zero attached hydrogens (tertiary/aromatic N) is 1. The maximum Gasteiger partial charge on any atom is 0.263 e. The van der Waals surface area contributed by atoms with Crippen LogP contribution in [0.4, 0.5) is 5.69 Å². The number of carbonyl (C=O) groups is 2. The van der Waals surface area contributed by atoms with E-state index in [0.29, 0.717) is 42.6 Å². The van der Waals surface area contributed by atoms with Gasteiger partial charge in [0.05, 0.1) is 12.3 Å². The van der Waals surface area contributed by atoms with Gasteiger partial charge in [-0.15, -0.1) is 0 Å². The molecule has 1 N–H and O–H groups in total. The third kappa shape index (κ3) is 5.73. The third-order valence-electron chi connectivity index (χ3n) is 8.24. The summed E-state index contributed by atoms with van der Waals surface area (Å²) in [7, 11) is -1.48. The van der Waals surface area contributed by atoms with Crippen molar-refractivity contribution in [2.45, 2.75) is 51.4 Å². The molecular formula is C29H35ClN2O4S. The molecule has 6 nitrogen and oxygen atoms in total. The number of carbonyl (C=O) groups excluding carboxylic acids is 2. The second kappa shape index (κ2) is 11.6. The van der Waals surface area contributed by atoms with Crippen molar-refractivity contribution in [1.82, 2.24) is 4.72 Å². The molecule has 8 heteroatoms. The normalized spacial score (nSPS) is 28.0. The second-order valence-corrected chi connectivity index (χ2v) is 12.4. The summed E-state index contributed by atoms with van der Waals surface area (Å²) >= 11 is 6.35. The van der Waals surface area contributed by atoms with Crippen molar-refractivity contribution >= 4 is 40.5 Å². The second-order valence-electron chi connectivity index (χ2n) is 10.6. The molecule has 0 aromatic heterocycles. The number of halogens is 1. The van der Waals surface area contributed by atoms with Crippen LogP contribution in [0, 0.1) is 17.8 Å². The summed E-state index contributed by atoms with van der Waals surface area (Å²) in [6.45, 7) is 4.26. The smallest absolute Gasteiger partial charge is 0.263 e.